The quantitative estimate of drug-likeness (QED) is 0.693. The summed E-state index contributed by atoms with van der Waals surface area (Å²) in [6, 6.07) is 13.4. The van der Waals surface area contributed by atoms with Crippen LogP contribution in [0, 0.1) is 6.92 Å². The molecular formula is C19H22N4O2. The van der Waals surface area contributed by atoms with Gasteiger partial charge in [0.05, 0.1) is 12.1 Å². The van der Waals surface area contributed by atoms with E-state index in [0.717, 1.165) is 23.3 Å². The first-order chi connectivity index (χ1) is 12.1. The molecule has 0 bridgehead atoms. The lowest BCUT2D eigenvalue weighted by Crippen LogP contribution is -2.30. The Labute approximate surface area is 147 Å². The van der Waals surface area contributed by atoms with E-state index in [0.29, 0.717) is 18.7 Å². The maximum Gasteiger partial charge on any atom is 0.253 e. The number of aryl methyl sites for hydroxylation is 2. The standard InChI is InChI=1S/C19H22N4O2/c1-4-23-18-10-7-15(13-17(18)20-21-23)19(24)22(3)11-12-25-16-8-5-14(2)6-9-16/h5-10,13H,4,11-12H2,1-3H3. The summed E-state index contributed by atoms with van der Waals surface area (Å²) in [7, 11) is 1.77. The van der Waals surface area contributed by atoms with Gasteiger partial charge in [0, 0.05) is 19.2 Å². The van der Waals surface area contributed by atoms with Crippen molar-refractivity contribution in [2.45, 2.75) is 20.4 Å². The summed E-state index contributed by atoms with van der Waals surface area (Å²) in [5.41, 5.74) is 3.46. The zero-order valence-electron chi connectivity index (χ0n) is 14.8. The van der Waals surface area contributed by atoms with Crippen molar-refractivity contribution >= 4 is 16.9 Å². The van der Waals surface area contributed by atoms with Crippen LogP contribution >= 0.6 is 0 Å². The smallest absolute Gasteiger partial charge is 0.253 e. The highest BCUT2D eigenvalue weighted by atomic mass is 16.5. The van der Waals surface area contributed by atoms with Crippen LogP contribution in [0.4, 0.5) is 0 Å². The summed E-state index contributed by atoms with van der Waals surface area (Å²) in [5.74, 6) is 0.754. The first kappa shape index (κ1) is 17.0. The molecular weight excluding hydrogens is 316 g/mol. The van der Waals surface area contributed by atoms with Gasteiger partial charge in [0.1, 0.15) is 17.9 Å². The molecule has 0 N–H and O–H groups in total. The summed E-state index contributed by atoms with van der Waals surface area (Å²) in [6.07, 6.45) is 0. The number of hydrogen-bond donors (Lipinski definition) is 0. The van der Waals surface area contributed by atoms with E-state index in [1.165, 1.54) is 5.56 Å². The zero-order valence-corrected chi connectivity index (χ0v) is 14.8. The van der Waals surface area contributed by atoms with Crippen LogP contribution in [-0.4, -0.2) is 46.0 Å². The van der Waals surface area contributed by atoms with Gasteiger partial charge in [-0.2, -0.15) is 0 Å². The molecule has 3 rings (SSSR count). The van der Waals surface area contributed by atoms with Crippen LogP contribution in [0.15, 0.2) is 42.5 Å². The van der Waals surface area contributed by atoms with Crippen molar-refractivity contribution in [1.82, 2.24) is 19.9 Å². The van der Waals surface area contributed by atoms with Crippen LogP contribution in [0.2, 0.25) is 0 Å². The van der Waals surface area contributed by atoms with Crippen molar-refractivity contribution in [3.63, 3.8) is 0 Å². The second-order valence-corrected chi connectivity index (χ2v) is 6.00. The molecule has 0 aliphatic carbocycles. The van der Waals surface area contributed by atoms with E-state index in [9.17, 15) is 4.79 Å². The van der Waals surface area contributed by atoms with Crippen LogP contribution < -0.4 is 4.74 Å². The molecule has 6 heteroatoms. The van der Waals surface area contributed by atoms with Crippen LogP contribution in [0.1, 0.15) is 22.8 Å². The number of carbonyl (C=O) groups is 1. The average molecular weight is 338 g/mol. The fraction of sp³-hybridized carbons (Fsp3) is 0.316. The van der Waals surface area contributed by atoms with E-state index < -0.39 is 0 Å². The van der Waals surface area contributed by atoms with Gasteiger partial charge in [0.25, 0.3) is 5.91 Å². The molecule has 0 spiro atoms. The van der Waals surface area contributed by atoms with Crippen molar-refractivity contribution in [3.8, 4) is 5.75 Å². The van der Waals surface area contributed by atoms with E-state index in [4.69, 9.17) is 4.74 Å². The van der Waals surface area contributed by atoms with Crippen LogP contribution in [0.25, 0.3) is 11.0 Å². The van der Waals surface area contributed by atoms with E-state index in [1.54, 1.807) is 18.0 Å². The summed E-state index contributed by atoms with van der Waals surface area (Å²) >= 11 is 0. The molecule has 0 aliphatic rings. The Morgan fingerprint density at radius 1 is 1.20 bits per heavy atom. The first-order valence-corrected chi connectivity index (χ1v) is 8.36. The monoisotopic (exact) mass is 338 g/mol. The number of carbonyl (C=O) groups excluding carboxylic acids is 1. The number of rotatable bonds is 6. The number of benzene rings is 2. The minimum atomic E-state index is -0.0551. The van der Waals surface area contributed by atoms with Gasteiger partial charge >= 0.3 is 0 Å². The summed E-state index contributed by atoms with van der Waals surface area (Å²) in [6.45, 7) is 5.74. The molecule has 0 saturated carbocycles. The molecule has 0 aliphatic heterocycles. The third-order valence-electron chi connectivity index (χ3n) is 4.12. The topological polar surface area (TPSA) is 60.2 Å². The molecule has 0 radical (unpaired) electrons. The lowest BCUT2D eigenvalue weighted by atomic mass is 10.1. The fourth-order valence-corrected chi connectivity index (χ4v) is 2.60. The number of fused-ring (bicyclic) bond motifs is 1. The number of hydrogen-bond acceptors (Lipinski definition) is 4. The Balaban J connectivity index is 1.60. The second-order valence-electron chi connectivity index (χ2n) is 6.00. The molecule has 3 aromatic rings. The van der Waals surface area contributed by atoms with Gasteiger partial charge in [-0.05, 0) is 44.2 Å². The highest BCUT2D eigenvalue weighted by Gasteiger charge is 2.14. The van der Waals surface area contributed by atoms with Crippen molar-refractivity contribution < 1.29 is 9.53 Å². The molecule has 0 atom stereocenters. The molecule has 0 saturated heterocycles. The largest absolute Gasteiger partial charge is 0.492 e. The lowest BCUT2D eigenvalue weighted by molar-refractivity contribution is 0.0774. The third kappa shape index (κ3) is 3.79. The predicted octanol–water partition coefficient (Wildman–Crippen LogP) is 2.91. The maximum atomic E-state index is 12.6. The van der Waals surface area contributed by atoms with Gasteiger partial charge in [-0.3, -0.25) is 4.79 Å². The molecule has 0 unspecified atom stereocenters. The summed E-state index contributed by atoms with van der Waals surface area (Å²) < 4.78 is 7.49. The molecule has 25 heavy (non-hydrogen) atoms. The van der Waals surface area contributed by atoms with Crippen LogP contribution in [-0.2, 0) is 6.54 Å². The van der Waals surface area contributed by atoms with Crippen molar-refractivity contribution in [2.75, 3.05) is 20.2 Å². The predicted molar refractivity (Wildman–Crippen MR) is 96.8 cm³/mol. The van der Waals surface area contributed by atoms with Gasteiger partial charge < -0.3 is 9.64 Å². The van der Waals surface area contributed by atoms with Crippen molar-refractivity contribution in [2.24, 2.45) is 0 Å². The minimum Gasteiger partial charge on any atom is -0.492 e. The normalized spacial score (nSPS) is 10.8. The molecule has 0 fully saturated rings. The van der Waals surface area contributed by atoms with E-state index in [1.807, 2.05) is 54.9 Å². The lowest BCUT2D eigenvalue weighted by Gasteiger charge is -2.17. The number of nitrogens with zero attached hydrogens (tertiary/aromatic N) is 4. The molecule has 1 amide bonds. The van der Waals surface area contributed by atoms with Gasteiger partial charge in [-0.15, -0.1) is 5.10 Å². The van der Waals surface area contributed by atoms with Gasteiger partial charge in [-0.25, -0.2) is 4.68 Å². The van der Waals surface area contributed by atoms with E-state index >= 15 is 0 Å². The molecule has 130 valence electrons. The Morgan fingerprint density at radius 3 is 2.68 bits per heavy atom. The molecule has 1 aromatic heterocycles. The highest BCUT2D eigenvalue weighted by molar-refractivity contribution is 5.97. The molecule has 6 nitrogen and oxygen atoms in total. The Kier molecular flexibility index (Phi) is 4.97. The summed E-state index contributed by atoms with van der Waals surface area (Å²) in [4.78, 5) is 14.2. The zero-order chi connectivity index (χ0) is 17.8. The van der Waals surface area contributed by atoms with Crippen LogP contribution in [0.3, 0.4) is 0 Å². The van der Waals surface area contributed by atoms with E-state index in [2.05, 4.69) is 10.3 Å². The van der Waals surface area contributed by atoms with Gasteiger partial charge in [-0.1, -0.05) is 22.9 Å². The minimum absolute atomic E-state index is 0.0551. The number of amides is 1. The number of ether oxygens (including phenoxy) is 1. The molecule has 2 aromatic carbocycles. The average Bonchev–Trinajstić information content (AvgIpc) is 3.05. The number of aromatic nitrogens is 3. The Morgan fingerprint density at radius 2 is 1.96 bits per heavy atom. The van der Waals surface area contributed by atoms with Crippen LogP contribution in [0.5, 0.6) is 5.75 Å². The Bertz CT molecular complexity index is 871. The third-order valence-corrected chi connectivity index (χ3v) is 4.12. The van der Waals surface area contributed by atoms with Crippen molar-refractivity contribution in [1.29, 1.82) is 0 Å². The van der Waals surface area contributed by atoms with Crippen molar-refractivity contribution in [3.05, 3.63) is 53.6 Å². The highest BCUT2D eigenvalue weighted by Crippen LogP contribution is 2.15. The number of likely N-dealkylation sites (N-methyl/N-ethyl adjacent to an activating group) is 1. The second kappa shape index (κ2) is 7.34. The SMILES string of the molecule is CCn1nnc2cc(C(=O)N(C)CCOc3ccc(C)cc3)ccc21. The maximum absolute atomic E-state index is 12.6. The van der Waals surface area contributed by atoms with Gasteiger partial charge in [0.2, 0.25) is 0 Å². The first-order valence-electron chi connectivity index (χ1n) is 8.36. The van der Waals surface area contributed by atoms with Gasteiger partial charge in [0.15, 0.2) is 0 Å². The van der Waals surface area contributed by atoms with E-state index in [-0.39, 0.29) is 5.91 Å². The Hall–Kier alpha value is -2.89. The summed E-state index contributed by atoms with van der Waals surface area (Å²) in [5, 5.41) is 8.19. The molecule has 1 heterocycles. The fourth-order valence-electron chi connectivity index (χ4n) is 2.60.